The van der Waals surface area contributed by atoms with Crippen LogP contribution in [0.5, 0.6) is 0 Å². The number of hydrogen-bond acceptors (Lipinski definition) is 7. The lowest BCUT2D eigenvalue weighted by atomic mass is 9.86. The van der Waals surface area contributed by atoms with Crippen LogP contribution >= 0.6 is 11.8 Å². The molecule has 0 aliphatic carbocycles. The molecule has 2 aliphatic rings. The summed E-state index contributed by atoms with van der Waals surface area (Å²) in [6, 6.07) is -0.624. The first-order valence-electron chi connectivity index (χ1n) is 8.11. The molecule has 1 N–H and O–H groups in total. The number of nitrogens with zero attached hydrogens (tertiary/aromatic N) is 1. The van der Waals surface area contributed by atoms with Crippen molar-refractivity contribution >= 4 is 35.5 Å². The summed E-state index contributed by atoms with van der Waals surface area (Å²) in [5.74, 6) is -1.87. The van der Waals surface area contributed by atoms with E-state index in [1.165, 1.54) is 23.6 Å². The molecule has 9 heteroatoms. The molecule has 2 unspecified atom stereocenters. The standard InChI is InChI=1S/C16H24N2O6S/c1-6-23-13(21)16(14(22)24-15(3,4)5)7-18-11(20)10(17-9(2)19)12(18)25-8-16/h10,12H,6-8H2,1-5H3,(H,17,19)/t10?,12-,16?/m1/s1. The molecular formula is C16H24N2O6S. The molecular weight excluding hydrogens is 348 g/mol. The van der Waals surface area contributed by atoms with E-state index >= 15 is 0 Å². The maximum Gasteiger partial charge on any atom is 0.326 e. The predicted molar refractivity (Wildman–Crippen MR) is 90.5 cm³/mol. The maximum absolute atomic E-state index is 12.8. The second-order valence-electron chi connectivity index (χ2n) is 7.15. The number of carbonyl (C=O) groups is 4. The molecule has 2 rings (SSSR count). The van der Waals surface area contributed by atoms with E-state index in [9.17, 15) is 19.2 Å². The van der Waals surface area contributed by atoms with Crippen molar-refractivity contribution < 1.29 is 28.7 Å². The highest BCUT2D eigenvalue weighted by Crippen LogP contribution is 2.43. The van der Waals surface area contributed by atoms with Crippen molar-refractivity contribution in [3.8, 4) is 0 Å². The minimum Gasteiger partial charge on any atom is -0.465 e. The first kappa shape index (κ1) is 19.6. The van der Waals surface area contributed by atoms with Crippen LogP contribution in [0.1, 0.15) is 34.6 Å². The van der Waals surface area contributed by atoms with Crippen molar-refractivity contribution in [2.45, 2.75) is 51.6 Å². The summed E-state index contributed by atoms with van der Waals surface area (Å²) in [7, 11) is 0. The molecule has 2 heterocycles. The summed E-state index contributed by atoms with van der Waals surface area (Å²) in [4.78, 5) is 50.2. The van der Waals surface area contributed by atoms with Crippen LogP contribution in [0.15, 0.2) is 0 Å². The maximum atomic E-state index is 12.8. The molecule has 2 amide bonds. The van der Waals surface area contributed by atoms with Gasteiger partial charge in [0, 0.05) is 19.2 Å². The number of nitrogens with one attached hydrogen (secondary N) is 1. The van der Waals surface area contributed by atoms with Crippen LogP contribution in [0, 0.1) is 5.41 Å². The monoisotopic (exact) mass is 372 g/mol. The van der Waals surface area contributed by atoms with Gasteiger partial charge in [-0.1, -0.05) is 0 Å². The number of β-lactam (4-membered cyclic amide) rings is 1. The molecule has 0 radical (unpaired) electrons. The number of fused-ring (bicyclic) bond motifs is 1. The third-order valence-corrected chi connectivity index (χ3v) is 5.42. The highest BCUT2D eigenvalue weighted by Gasteiger charge is 2.61. The number of hydrogen-bond donors (Lipinski definition) is 1. The zero-order valence-corrected chi connectivity index (χ0v) is 15.9. The van der Waals surface area contributed by atoms with Crippen LogP contribution in [-0.2, 0) is 28.7 Å². The second kappa shape index (κ2) is 6.86. The van der Waals surface area contributed by atoms with E-state index in [0.29, 0.717) is 0 Å². The molecule has 0 bridgehead atoms. The molecule has 2 aliphatic heterocycles. The van der Waals surface area contributed by atoms with E-state index in [0.717, 1.165) is 0 Å². The second-order valence-corrected chi connectivity index (χ2v) is 8.26. The lowest BCUT2D eigenvalue weighted by Gasteiger charge is -2.53. The Labute approximate surface area is 151 Å². The molecule has 25 heavy (non-hydrogen) atoms. The fourth-order valence-corrected chi connectivity index (χ4v) is 4.29. The van der Waals surface area contributed by atoms with Gasteiger partial charge >= 0.3 is 11.9 Å². The molecule has 0 saturated carbocycles. The fourth-order valence-electron chi connectivity index (χ4n) is 2.77. The minimum atomic E-state index is -1.55. The zero-order chi connectivity index (χ0) is 19.0. The first-order valence-corrected chi connectivity index (χ1v) is 9.16. The molecule has 2 saturated heterocycles. The number of thioether (sulfide) groups is 1. The number of carbonyl (C=O) groups excluding carboxylic acids is 4. The Morgan fingerprint density at radius 1 is 1.32 bits per heavy atom. The van der Waals surface area contributed by atoms with Crippen LogP contribution < -0.4 is 5.32 Å². The van der Waals surface area contributed by atoms with Crippen molar-refractivity contribution in [3.63, 3.8) is 0 Å². The van der Waals surface area contributed by atoms with E-state index < -0.39 is 29.0 Å². The Kier molecular flexibility index (Phi) is 5.36. The van der Waals surface area contributed by atoms with Crippen molar-refractivity contribution in [1.29, 1.82) is 0 Å². The Balaban J connectivity index is 2.23. The topological polar surface area (TPSA) is 102 Å². The summed E-state index contributed by atoms with van der Waals surface area (Å²) < 4.78 is 10.5. The molecule has 2 fully saturated rings. The minimum absolute atomic E-state index is 0.104. The average Bonchev–Trinajstić information content (AvgIpc) is 2.50. The smallest absolute Gasteiger partial charge is 0.326 e. The van der Waals surface area contributed by atoms with Crippen LogP contribution in [0.4, 0.5) is 0 Å². The van der Waals surface area contributed by atoms with Gasteiger partial charge in [0.05, 0.1) is 6.61 Å². The van der Waals surface area contributed by atoms with Gasteiger partial charge in [0.15, 0.2) is 5.41 Å². The number of ether oxygens (including phenoxy) is 2. The molecule has 0 aromatic heterocycles. The quantitative estimate of drug-likeness (QED) is 0.430. The van der Waals surface area contributed by atoms with Crippen LogP contribution in [-0.4, -0.2) is 64.6 Å². The summed E-state index contributed by atoms with van der Waals surface area (Å²) in [5, 5.41) is 2.30. The van der Waals surface area contributed by atoms with E-state index in [1.54, 1.807) is 27.7 Å². The molecule has 3 atom stereocenters. The third-order valence-electron chi connectivity index (χ3n) is 3.90. The molecule has 0 spiro atoms. The molecule has 0 aromatic carbocycles. The zero-order valence-electron chi connectivity index (χ0n) is 15.1. The van der Waals surface area contributed by atoms with Crippen molar-refractivity contribution in [2.24, 2.45) is 5.41 Å². The number of amides is 2. The summed E-state index contributed by atoms with van der Waals surface area (Å²) in [6.07, 6.45) is 0. The Morgan fingerprint density at radius 2 is 1.96 bits per heavy atom. The van der Waals surface area contributed by atoms with E-state index in [-0.39, 0.29) is 36.1 Å². The van der Waals surface area contributed by atoms with Gasteiger partial charge in [0.2, 0.25) is 11.8 Å². The van der Waals surface area contributed by atoms with E-state index in [1.807, 2.05) is 0 Å². The van der Waals surface area contributed by atoms with Crippen LogP contribution in [0.2, 0.25) is 0 Å². The Morgan fingerprint density at radius 3 is 2.48 bits per heavy atom. The normalized spacial score (nSPS) is 28.5. The fraction of sp³-hybridized carbons (Fsp3) is 0.750. The molecule has 140 valence electrons. The van der Waals surface area contributed by atoms with E-state index in [4.69, 9.17) is 9.47 Å². The van der Waals surface area contributed by atoms with Crippen molar-refractivity contribution in [1.82, 2.24) is 10.2 Å². The Hall–Kier alpha value is -1.77. The third kappa shape index (κ3) is 3.75. The summed E-state index contributed by atoms with van der Waals surface area (Å²) in [6.45, 7) is 8.15. The Bertz CT molecular complexity index is 602. The predicted octanol–water partition coefficient (Wildman–Crippen LogP) is 0.297. The summed E-state index contributed by atoms with van der Waals surface area (Å²) >= 11 is 1.27. The van der Waals surface area contributed by atoms with Gasteiger partial charge in [-0.15, -0.1) is 11.8 Å². The van der Waals surface area contributed by atoms with Crippen molar-refractivity contribution in [2.75, 3.05) is 18.9 Å². The van der Waals surface area contributed by atoms with Crippen LogP contribution in [0.25, 0.3) is 0 Å². The van der Waals surface area contributed by atoms with Gasteiger partial charge in [-0.25, -0.2) is 0 Å². The largest absolute Gasteiger partial charge is 0.465 e. The first-order chi connectivity index (χ1) is 11.5. The van der Waals surface area contributed by atoms with Gasteiger partial charge in [-0.05, 0) is 27.7 Å². The van der Waals surface area contributed by atoms with Gasteiger partial charge in [0.1, 0.15) is 17.0 Å². The van der Waals surface area contributed by atoms with Gasteiger partial charge < -0.3 is 19.7 Å². The van der Waals surface area contributed by atoms with Gasteiger partial charge in [-0.3, -0.25) is 19.2 Å². The van der Waals surface area contributed by atoms with Crippen LogP contribution in [0.3, 0.4) is 0 Å². The summed E-state index contributed by atoms with van der Waals surface area (Å²) in [5.41, 5.74) is -2.32. The number of esters is 2. The lowest BCUT2D eigenvalue weighted by molar-refractivity contribution is -0.182. The number of rotatable bonds is 4. The highest BCUT2D eigenvalue weighted by atomic mass is 32.2. The lowest BCUT2D eigenvalue weighted by Crippen LogP contribution is -2.74. The van der Waals surface area contributed by atoms with Gasteiger partial charge in [-0.2, -0.15) is 0 Å². The van der Waals surface area contributed by atoms with E-state index in [2.05, 4.69) is 5.32 Å². The average molecular weight is 372 g/mol. The molecule has 8 nitrogen and oxygen atoms in total. The van der Waals surface area contributed by atoms with Gasteiger partial charge in [0.25, 0.3) is 0 Å². The SMILES string of the molecule is CCOC(=O)C1(C(=O)OC(C)(C)C)CS[C@@H]2C(NC(C)=O)C(=O)N2C1. The molecule has 0 aromatic rings. The highest BCUT2D eigenvalue weighted by molar-refractivity contribution is 8.00. The van der Waals surface area contributed by atoms with Crippen molar-refractivity contribution in [3.05, 3.63) is 0 Å².